The van der Waals surface area contributed by atoms with Crippen molar-refractivity contribution in [2.24, 2.45) is 51.8 Å². The van der Waals surface area contributed by atoms with Gasteiger partial charge in [0.2, 0.25) is 0 Å². The molecular formula is C105H187N7O28. The lowest BCUT2D eigenvalue weighted by molar-refractivity contribution is -0.0581. The van der Waals surface area contributed by atoms with Gasteiger partial charge in [-0.3, -0.25) is 0 Å². The highest BCUT2D eigenvalue weighted by atomic mass is 16.6. The van der Waals surface area contributed by atoms with Gasteiger partial charge in [-0.25, -0.2) is 14.8 Å². The summed E-state index contributed by atoms with van der Waals surface area (Å²) in [5.41, 5.74) is 11.8. The molecule has 1 aromatic carbocycles. The number of alkyl carbamates (subject to hydrolysis) is 1. The molecule has 35 nitrogen and oxygen atoms in total. The fourth-order valence-electron chi connectivity index (χ4n) is 19.9. The molecule has 4 aliphatic carbocycles. The first-order valence-electron chi connectivity index (χ1n) is 53.4. The number of nitrogens with zero attached hydrogens (tertiary/aromatic N) is 5. The van der Waals surface area contributed by atoms with Crippen LogP contribution in [0.4, 0.5) is 10.6 Å². The number of aliphatic hydroxyl groups excluding tert-OH is 2. The summed E-state index contributed by atoms with van der Waals surface area (Å²) in [4.78, 5) is 27.6. The van der Waals surface area contributed by atoms with E-state index in [1.807, 2.05) is 6.92 Å². The van der Waals surface area contributed by atoms with Crippen LogP contribution in [0, 0.1) is 51.8 Å². The molecule has 4 fully saturated rings. The van der Waals surface area contributed by atoms with Gasteiger partial charge in [-0.2, -0.15) is 0 Å². The lowest BCUT2D eigenvalue weighted by Gasteiger charge is -2.58. The van der Waals surface area contributed by atoms with Crippen molar-refractivity contribution < 1.29 is 133 Å². The maximum atomic E-state index is 12.8. The highest BCUT2D eigenvalue weighted by Crippen LogP contribution is 2.67. The van der Waals surface area contributed by atoms with E-state index in [0.29, 0.717) is 340 Å². The van der Waals surface area contributed by atoms with Gasteiger partial charge in [0.25, 0.3) is 0 Å². The number of benzene rings is 1. The van der Waals surface area contributed by atoms with Crippen molar-refractivity contribution in [1.29, 1.82) is 0 Å². The van der Waals surface area contributed by atoms with E-state index in [2.05, 4.69) is 85.5 Å². The molecule has 5 aliphatic rings. The Bertz CT molecular complexity index is 3570. The monoisotopic (exact) mass is 1990 g/mol. The number of rotatable bonds is 93. The van der Waals surface area contributed by atoms with Crippen LogP contribution in [0.15, 0.2) is 29.8 Å². The number of pyridine rings is 1. The van der Waals surface area contributed by atoms with E-state index in [4.69, 9.17) is 134 Å². The van der Waals surface area contributed by atoms with E-state index in [1.54, 1.807) is 5.57 Å². The molecule has 0 radical (unpaired) electrons. The van der Waals surface area contributed by atoms with E-state index in [0.717, 1.165) is 161 Å². The summed E-state index contributed by atoms with van der Waals surface area (Å²) in [5.74, 6) is 6.24. The summed E-state index contributed by atoms with van der Waals surface area (Å²) in [6.45, 7) is 46.8. The van der Waals surface area contributed by atoms with Crippen LogP contribution in [-0.4, -0.2) is 423 Å². The Morgan fingerprint density at radius 2 is 0.857 bits per heavy atom. The Balaban J connectivity index is 0.430. The topological polar surface area (TPSA) is 364 Å². The van der Waals surface area contributed by atoms with E-state index >= 15 is 0 Å². The minimum atomic E-state index is -0.694. The standard InChI is InChI=1S/C105H187N7O28/c1-8-9-16-98-109-99-100(112(98)84-103(5,85-113)86-114)93-19-17-89(82-97(93)108-101(99)106)15-11-28-110-30-32-111(33-31-110)29-12-34-116-36-38-118-40-42-120-44-46-122-48-50-124-52-54-126-56-58-128-60-62-130-64-66-132-68-70-134-72-74-136-76-78-138-80-81-139-79-77-137-75-73-135-71-69-133-67-65-131-63-61-129-59-57-127-55-53-125-51-49-123-47-45-121-43-41-119-39-37-117-35-27-107-102(115)140-91-23-25-104(6)90(83-91)18-20-92-95-22-21-94(88(4)14-10-13-87(2)3)105(95,7)26-24-96(92)104/h17-19,82,87-88,91-92,94-96,113-114H,8-16,20-81,83-86H2,1-7H3,(H2,106,108)(H,107,115)/t88-,91+,92+,94-,95+,96+,104+,105-/m1/s1. The average Bonchev–Trinajstić information content (AvgIpc) is 1.44. The number of nitrogens with two attached hydrogens (primary N) is 1. The van der Waals surface area contributed by atoms with Crippen LogP contribution in [0.1, 0.15) is 156 Å². The highest BCUT2D eigenvalue weighted by molar-refractivity contribution is 6.06. The number of aliphatic hydroxyl groups is 2. The van der Waals surface area contributed by atoms with Gasteiger partial charge in [0.1, 0.15) is 17.4 Å². The van der Waals surface area contributed by atoms with Crippen LogP contribution < -0.4 is 11.1 Å². The number of allylic oxidation sites excluding steroid dienone is 1. The molecule has 5 N–H and O–H groups in total. The number of hydrogen-bond donors (Lipinski definition) is 4. The molecule has 810 valence electrons. The molecular weight excluding hydrogens is 1810 g/mol. The van der Waals surface area contributed by atoms with Crippen LogP contribution in [-0.2, 0) is 138 Å². The van der Waals surface area contributed by atoms with Gasteiger partial charge in [-0.1, -0.05) is 97.9 Å². The van der Waals surface area contributed by atoms with Crippen molar-refractivity contribution in [3.8, 4) is 0 Å². The van der Waals surface area contributed by atoms with Crippen molar-refractivity contribution in [3.05, 3.63) is 41.2 Å². The number of aryl methyl sites for hydroxylation is 2. The number of nitrogens with one attached hydrogen (secondary N) is 1. The Morgan fingerprint density at radius 3 is 1.25 bits per heavy atom. The summed E-state index contributed by atoms with van der Waals surface area (Å²) >= 11 is 0. The molecule has 0 unspecified atom stereocenters. The lowest BCUT2D eigenvalue weighted by atomic mass is 9.47. The number of carbonyl (C=O) groups is 1. The van der Waals surface area contributed by atoms with Gasteiger partial charge in [0.15, 0.2) is 5.82 Å². The second-order valence-electron chi connectivity index (χ2n) is 38.7. The molecule has 35 heteroatoms. The molecule has 140 heavy (non-hydrogen) atoms. The summed E-state index contributed by atoms with van der Waals surface area (Å²) < 4.78 is 143. The minimum absolute atomic E-state index is 0.0633. The summed E-state index contributed by atoms with van der Waals surface area (Å²) in [7, 11) is 0. The Hall–Kier alpha value is -4.21. The van der Waals surface area contributed by atoms with Crippen molar-refractivity contribution in [2.75, 3.05) is 382 Å². The minimum Gasteiger partial charge on any atom is -0.446 e. The number of ether oxygens (including phenoxy) is 25. The number of carbonyl (C=O) groups excluding carboxylic acids is 1. The number of imidazole rings is 1. The van der Waals surface area contributed by atoms with E-state index < -0.39 is 5.41 Å². The number of nitrogen functional groups attached to an aromatic ring is 1. The first-order chi connectivity index (χ1) is 68.7. The molecule has 3 heterocycles. The molecule has 0 bridgehead atoms. The number of anilines is 1. The van der Waals surface area contributed by atoms with Crippen molar-refractivity contribution in [3.63, 3.8) is 0 Å². The molecule has 8 atom stereocenters. The van der Waals surface area contributed by atoms with E-state index in [9.17, 15) is 15.0 Å². The second kappa shape index (κ2) is 76.3. The van der Waals surface area contributed by atoms with Gasteiger partial charge in [-0.05, 0) is 135 Å². The molecule has 1 saturated heterocycles. The number of fused-ring (bicyclic) bond motifs is 8. The van der Waals surface area contributed by atoms with Crippen molar-refractivity contribution in [2.45, 2.75) is 170 Å². The predicted octanol–water partition coefficient (Wildman–Crippen LogP) is 11.0. The zero-order valence-corrected chi connectivity index (χ0v) is 87.2. The predicted molar refractivity (Wildman–Crippen MR) is 537 cm³/mol. The molecule has 8 rings (SSSR count). The quantitative estimate of drug-likeness (QED) is 0.0301. The lowest BCUT2D eigenvalue weighted by Crippen LogP contribution is -2.51. The molecule has 1 amide bonds. The number of hydrogen-bond acceptors (Lipinski definition) is 33. The Kier molecular flexibility index (Phi) is 66.0. The number of aromatic nitrogens is 3. The Morgan fingerprint density at radius 1 is 0.464 bits per heavy atom. The van der Waals surface area contributed by atoms with Crippen molar-refractivity contribution in [1.82, 2.24) is 29.7 Å². The molecule has 2 aromatic heterocycles. The summed E-state index contributed by atoms with van der Waals surface area (Å²) in [6.07, 6.45) is 21.8. The normalized spacial score (nSPS) is 20.0. The zero-order valence-electron chi connectivity index (χ0n) is 87.2. The first-order valence-corrected chi connectivity index (χ1v) is 53.4. The summed E-state index contributed by atoms with van der Waals surface area (Å²) in [6, 6.07) is 6.50. The number of piperazine rings is 1. The Labute approximate surface area is 838 Å². The van der Waals surface area contributed by atoms with Gasteiger partial charge < -0.3 is 154 Å². The van der Waals surface area contributed by atoms with Gasteiger partial charge in [0.05, 0.1) is 335 Å². The maximum Gasteiger partial charge on any atom is 0.407 e. The van der Waals surface area contributed by atoms with Gasteiger partial charge in [0, 0.05) is 76.1 Å². The average molecular weight is 2000 g/mol. The molecule has 0 spiro atoms. The third-order valence-corrected chi connectivity index (χ3v) is 27.7. The molecule has 1 aliphatic heterocycles. The fraction of sp³-hybridized carbons (Fsp3) is 0.876. The largest absolute Gasteiger partial charge is 0.446 e. The second-order valence-corrected chi connectivity index (χ2v) is 38.7. The highest BCUT2D eigenvalue weighted by Gasteiger charge is 2.59. The number of amides is 1. The maximum absolute atomic E-state index is 12.8. The number of unbranched alkanes of at least 4 members (excludes halogenated alkanes) is 1. The van der Waals surface area contributed by atoms with Crippen molar-refractivity contribution >= 4 is 33.8 Å². The van der Waals surface area contributed by atoms with Crippen LogP contribution >= 0.6 is 0 Å². The van der Waals surface area contributed by atoms with E-state index in [-0.39, 0.29) is 30.8 Å². The third kappa shape index (κ3) is 49.3. The van der Waals surface area contributed by atoms with Crippen LogP contribution in [0.5, 0.6) is 0 Å². The van der Waals surface area contributed by atoms with Crippen LogP contribution in [0.25, 0.3) is 21.9 Å². The van der Waals surface area contributed by atoms with Gasteiger partial charge >= 0.3 is 6.09 Å². The third-order valence-electron chi connectivity index (χ3n) is 27.7. The fourth-order valence-corrected chi connectivity index (χ4v) is 19.9. The van der Waals surface area contributed by atoms with E-state index in [1.165, 1.54) is 56.9 Å². The SMILES string of the molecule is CCCCc1nc2c(N)nc3cc(CCCN4CCN(CCCOCCOCCOCCOCCOCCOCCOCCOCCOCCOCCOCCOCCOCCOCCOCCOCCOCCOCCOCCOCCOCCOCCOCCOCCNC(=O)O[C@H]5CC[C@@]6(C)C(=CC[C@H]7[C@@H]8CC[C@H]([C@H](C)CCCC(C)C)[C@@]8(C)CC[C@@H]76)C5)CC4)ccc3c2n1CC(C)(CO)CO. The van der Waals surface area contributed by atoms with Crippen LogP contribution in [0.3, 0.4) is 0 Å². The van der Waals surface area contributed by atoms with Crippen LogP contribution in [0.2, 0.25) is 0 Å². The molecule has 3 aromatic rings. The first kappa shape index (κ1) is 121. The summed E-state index contributed by atoms with van der Waals surface area (Å²) in [5, 5.41) is 24.2. The van der Waals surface area contributed by atoms with Gasteiger partial charge in [-0.15, -0.1) is 0 Å². The smallest absolute Gasteiger partial charge is 0.407 e. The zero-order chi connectivity index (χ0) is 99.1. The molecule has 3 saturated carbocycles.